The predicted octanol–water partition coefficient (Wildman–Crippen LogP) is 0.972. The minimum Gasteiger partial charge on any atom is -0.371 e. The Morgan fingerprint density at radius 3 is 2.61 bits per heavy atom. The van der Waals surface area contributed by atoms with Crippen molar-refractivity contribution in [1.29, 1.82) is 0 Å². The third kappa shape index (κ3) is 3.95. The number of rotatable bonds is 2. The van der Waals surface area contributed by atoms with Crippen LogP contribution >= 0.6 is 0 Å². The van der Waals surface area contributed by atoms with E-state index in [1.807, 2.05) is 0 Å². The van der Waals surface area contributed by atoms with Gasteiger partial charge in [-0.2, -0.15) is 0 Å². The number of nitrogens with one attached hydrogen (secondary N) is 1. The third-order valence-corrected chi connectivity index (χ3v) is 4.97. The van der Waals surface area contributed by atoms with Gasteiger partial charge in [-0.1, -0.05) is 6.42 Å². The number of hydrogen-bond acceptors (Lipinski definition) is 4. The van der Waals surface area contributed by atoms with E-state index in [4.69, 9.17) is 0 Å². The summed E-state index contributed by atoms with van der Waals surface area (Å²) in [5, 5.41) is 3.50. The van der Waals surface area contributed by atoms with E-state index in [1.54, 1.807) is 4.31 Å². The van der Waals surface area contributed by atoms with Crippen LogP contribution in [-0.2, 0) is 10.0 Å². The van der Waals surface area contributed by atoms with Crippen molar-refractivity contribution in [2.24, 2.45) is 4.99 Å². The molecule has 0 aromatic rings. The zero-order valence-corrected chi connectivity index (χ0v) is 11.9. The topological polar surface area (TPSA) is 61.8 Å². The highest BCUT2D eigenvalue weighted by molar-refractivity contribution is 7.88. The maximum Gasteiger partial charge on any atom is 0.211 e. The van der Waals surface area contributed by atoms with Crippen molar-refractivity contribution < 1.29 is 8.42 Å². The van der Waals surface area contributed by atoms with Crippen LogP contribution in [0.3, 0.4) is 0 Å². The van der Waals surface area contributed by atoms with Crippen LogP contribution in [-0.4, -0.2) is 50.5 Å². The second-order valence-corrected chi connectivity index (χ2v) is 7.20. The SMILES string of the molecule is CS(=O)(=O)N1CCC(NC2=NCCCCC2)CC1. The molecule has 0 amide bonds. The molecule has 1 fully saturated rings. The number of piperidine rings is 1. The normalized spacial score (nSPS) is 24.4. The number of amidine groups is 1. The van der Waals surface area contributed by atoms with Crippen molar-refractivity contribution in [3.63, 3.8) is 0 Å². The maximum atomic E-state index is 11.4. The first-order valence-electron chi connectivity index (χ1n) is 6.81. The molecule has 2 aliphatic rings. The summed E-state index contributed by atoms with van der Waals surface area (Å²) in [4.78, 5) is 4.56. The summed E-state index contributed by atoms with van der Waals surface area (Å²) in [6.07, 6.45) is 7.77. The number of nitrogens with zero attached hydrogens (tertiary/aromatic N) is 2. The fraction of sp³-hybridized carbons (Fsp3) is 0.917. The first-order chi connectivity index (χ1) is 8.55. The Bertz CT molecular complexity index is 398. The molecular weight excluding hydrogens is 250 g/mol. The van der Waals surface area contributed by atoms with Gasteiger partial charge >= 0.3 is 0 Å². The molecule has 0 aromatic carbocycles. The Morgan fingerprint density at radius 2 is 1.94 bits per heavy atom. The van der Waals surface area contributed by atoms with Crippen molar-refractivity contribution >= 4 is 15.9 Å². The predicted molar refractivity (Wildman–Crippen MR) is 73.3 cm³/mol. The van der Waals surface area contributed by atoms with Gasteiger partial charge in [0.25, 0.3) is 0 Å². The number of sulfonamides is 1. The van der Waals surface area contributed by atoms with E-state index in [0.29, 0.717) is 19.1 Å². The van der Waals surface area contributed by atoms with Gasteiger partial charge in [-0.3, -0.25) is 4.99 Å². The summed E-state index contributed by atoms with van der Waals surface area (Å²) in [5.41, 5.74) is 0. The summed E-state index contributed by atoms with van der Waals surface area (Å²) in [6.45, 7) is 2.19. The molecule has 0 aliphatic carbocycles. The Labute approximate surface area is 110 Å². The van der Waals surface area contributed by atoms with Gasteiger partial charge in [0.2, 0.25) is 10.0 Å². The van der Waals surface area contributed by atoms with Crippen LogP contribution in [0.1, 0.15) is 38.5 Å². The van der Waals surface area contributed by atoms with Gasteiger partial charge in [0, 0.05) is 32.1 Å². The monoisotopic (exact) mass is 273 g/mol. The zero-order valence-electron chi connectivity index (χ0n) is 11.1. The molecule has 0 unspecified atom stereocenters. The molecule has 0 saturated carbocycles. The summed E-state index contributed by atoms with van der Waals surface area (Å²) < 4.78 is 24.4. The van der Waals surface area contributed by atoms with E-state index in [1.165, 1.54) is 25.5 Å². The fourth-order valence-electron chi connectivity index (χ4n) is 2.56. The molecular formula is C12H23N3O2S. The average molecular weight is 273 g/mol. The van der Waals surface area contributed by atoms with Gasteiger partial charge < -0.3 is 5.32 Å². The highest BCUT2D eigenvalue weighted by Crippen LogP contribution is 2.14. The molecule has 6 heteroatoms. The lowest BCUT2D eigenvalue weighted by Gasteiger charge is -2.31. The Hall–Kier alpha value is -0.620. The molecule has 104 valence electrons. The first-order valence-corrected chi connectivity index (χ1v) is 8.65. The molecule has 2 rings (SSSR count). The van der Waals surface area contributed by atoms with Gasteiger partial charge in [0.15, 0.2) is 0 Å². The van der Waals surface area contributed by atoms with E-state index in [9.17, 15) is 8.42 Å². The minimum atomic E-state index is -3.01. The first kappa shape index (κ1) is 13.8. The second-order valence-electron chi connectivity index (χ2n) is 5.22. The minimum absolute atomic E-state index is 0.389. The average Bonchev–Trinajstić information content (AvgIpc) is 2.57. The van der Waals surface area contributed by atoms with Crippen molar-refractivity contribution in [1.82, 2.24) is 9.62 Å². The lowest BCUT2D eigenvalue weighted by molar-refractivity contribution is 0.308. The van der Waals surface area contributed by atoms with E-state index in [0.717, 1.165) is 31.6 Å². The lowest BCUT2D eigenvalue weighted by atomic mass is 10.1. The Balaban J connectivity index is 1.81. The fourth-order valence-corrected chi connectivity index (χ4v) is 3.43. The van der Waals surface area contributed by atoms with Crippen LogP contribution in [0.4, 0.5) is 0 Å². The van der Waals surface area contributed by atoms with Crippen LogP contribution < -0.4 is 5.32 Å². The summed E-state index contributed by atoms with van der Waals surface area (Å²) >= 11 is 0. The molecule has 0 atom stereocenters. The maximum absolute atomic E-state index is 11.4. The zero-order chi connectivity index (χ0) is 13.0. The summed E-state index contributed by atoms with van der Waals surface area (Å²) in [5.74, 6) is 1.13. The van der Waals surface area contributed by atoms with Gasteiger partial charge in [-0.05, 0) is 25.7 Å². The van der Waals surface area contributed by atoms with Crippen LogP contribution in [0.25, 0.3) is 0 Å². The smallest absolute Gasteiger partial charge is 0.211 e. The van der Waals surface area contributed by atoms with Crippen LogP contribution in [0.15, 0.2) is 4.99 Å². The standard InChI is InChI=1S/C12H23N3O2S/c1-18(16,17)15-9-6-11(7-10-15)14-12-5-3-2-4-8-13-12/h11H,2-10H2,1H3,(H,13,14). The van der Waals surface area contributed by atoms with E-state index < -0.39 is 10.0 Å². The Morgan fingerprint density at radius 1 is 1.22 bits per heavy atom. The Kier molecular flexibility index (Phi) is 4.61. The van der Waals surface area contributed by atoms with Crippen molar-refractivity contribution in [2.75, 3.05) is 25.9 Å². The van der Waals surface area contributed by atoms with E-state index in [2.05, 4.69) is 10.3 Å². The molecule has 0 aromatic heterocycles. The number of aliphatic imine (C=N–C) groups is 1. The number of hydrogen-bond donors (Lipinski definition) is 1. The van der Waals surface area contributed by atoms with Crippen molar-refractivity contribution in [2.45, 2.75) is 44.6 Å². The van der Waals surface area contributed by atoms with Crippen LogP contribution in [0.5, 0.6) is 0 Å². The van der Waals surface area contributed by atoms with Crippen molar-refractivity contribution in [3.05, 3.63) is 0 Å². The molecule has 0 radical (unpaired) electrons. The molecule has 0 spiro atoms. The van der Waals surface area contributed by atoms with Gasteiger partial charge in [-0.25, -0.2) is 12.7 Å². The molecule has 18 heavy (non-hydrogen) atoms. The van der Waals surface area contributed by atoms with Crippen molar-refractivity contribution in [3.8, 4) is 0 Å². The molecule has 2 heterocycles. The van der Waals surface area contributed by atoms with E-state index >= 15 is 0 Å². The second kappa shape index (κ2) is 6.02. The highest BCUT2D eigenvalue weighted by atomic mass is 32.2. The molecule has 0 bridgehead atoms. The quantitative estimate of drug-likeness (QED) is 0.815. The largest absolute Gasteiger partial charge is 0.371 e. The van der Waals surface area contributed by atoms with Gasteiger partial charge in [-0.15, -0.1) is 0 Å². The highest BCUT2D eigenvalue weighted by Gasteiger charge is 2.25. The lowest BCUT2D eigenvalue weighted by Crippen LogP contribution is -2.46. The molecule has 2 aliphatic heterocycles. The molecule has 1 saturated heterocycles. The molecule has 5 nitrogen and oxygen atoms in total. The summed E-state index contributed by atoms with van der Waals surface area (Å²) in [6, 6.07) is 0.389. The molecule has 1 N–H and O–H groups in total. The van der Waals surface area contributed by atoms with Gasteiger partial charge in [0.1, 0.15) is 0 Å². The van der Waals surface area contributed by atoms with E-state index in [-0.39, 0.29) is 0 Å². The third-order valence-electron chi connectivity index (χ3n) is 3.67. The summed E-state index contributed by atoms with van der Waals surface area (Å²) in [7, 11) is -3.01. The van der Waals surface area contributed by atoms with Crippen LogP contribution in [0, 0.1) is 0 Å². The van der Waals surface area contributed by atoms with Crippen LogP contribution in [0.2, 0.25) is 0 Å². The van der Waals surface area contributed by atoms with Gasteiger partial charge in [0.05, 0.1) is 12.1 Å².